The summed E-state index contributed by atoms with van der Waals surface area (Å²) in [6, 6.07) is 6.56. The molecule has 0 spiro atoms. The third-order valence-electron chi connectivity index (χ3n) is 4.12. The van der Waals surface area contributed by atoms with Gasteiger partial charge < -0.3 is 19.4 Å². The Morgan fingerprint density at radius 2 is 2.08 bits per heavy atom. The highest BCUT2D eigenvalue weighted by Gasteiger charge is 2.36. The summed E-state index contributed by atoms with van der Waals surface area (Å²) in [6.07, 6.45) is 2.65. The summed E-state index contributed by atoms with van der Waals surface area (Å²) >= 11 is 0. The second kappa shape index (κ2) is 6.74. The van der Waals surface area contributed by atoms with Crippen LogP contribution in [0.15, 0.2) is 35.1 Å². The van der Waals surface area contributed by atoms with Crippen molar-refractivity contribution in [2.24, 2.45) is 0 Å². The maximum Gasteiger partial charge on any atom is 0.276 e. The van der Waals surface area contributed by atoms with Gasteiger partial charge in [0, 0.05) is 12.2 Å². The average Bonchev–Trinajstić information content (AvgIpc) is 3.24. The molecule has 1 aliphatic heterocycles. The van der Waals surface area contributed by atoms with Crippen LogP contribution in [0.3, 0.4) is 0 Å². The van der Waals surface area contributed by atoms with E-state index in [4.69, 9.17) is 9.15 Å². The van der Waals surface area contributed by atoms with Crippen molar-refractivity contribution in [3.05, 3.63) is 42.1 Å². The number of hydrogen-bond donors (Lipinski definition) is 1. The van der Waals surface area contributed by atoms with Crippen LogP contribution in [0.1, 0.15) is 29.1 Å². The molecular weight excluding hydrogens is 310 g/mol. The molecular formula is C17H19N3O4. The predicted molar refractivity (Wildman–Crippen MR) is 86.9 cm³/mol. The van der Waals surface area contributed by atoms with E-state index < -0.39 is 6.04 Å². The highest BCUT2D eigenvalue weighted by molar-refractivity contribution is 6.01. The van der Waals surface area contributed by atoms with Crippen LogP contribution in [-0.2, 0) is 4.79 Å². The van der Waals surface area contributed by atoms with E-state index in [0.29, 0.717) is 30.2 Å². The van der Waals surface area contributed by atoms with Crippen molar-refractivity contribution < 1.29 is 18.7 Å². The molecule has 1 aromatic heterocycles. The molecule has 3 rings (SSSR count). The van der Waals surface area contributed by atoms with Gasteiger partial charge in [0.15, 0.2) is 12.1 Å². The monoisotopic (exact) mass is 329 g/mol. The molecule has 2 amide bonds. The van der Waals surface area contributed by atoms with E-state index in [9.17, 15) is 9.59 Å². The first-order chi connectivity index (χ1) is 11.6. The number of hydrogen-bond acceptors (Lipinski definition) is 5. The first-order valence-electron chi connectivity index (χ1n) is 7.76. The Labute approximate surface area is 139 Å². The second-order valence-corrected chi connectivity index (χ2v) is 5.63. The molecule has 7 heteroatoms. The lowest BCUT2D eigenvalue weighted by Crippen LogP contribution is -2.43. The van der Waals surface area contributed by atoms with Crippen molar-refractivity contribution in [3.8, 4) is 5.75 Å². The minimum Gasteiger partial charge on any atom is -0.497 e. The number of carbonyl (C=O) groups excluding carboxylic acids is 2. The topological polar surface area (TPSA) is 84.7 Å². The van der Waals surface area contributed by atoms with Crippen LogP contribution in [0, 0.1) is 6.92 Å². The van der Waals surface area contributed by atoms with Gasteiger partial charge in [0.1, 0.15) is 17.6 Å². The fourth-order valence-corrected chi connectivity index (χ4v) is 2.83. The number of oxazole rings is 1. The summed E-state index contributed by atoms with van der Waals surface area (Å²) < 4.78 is 10.2. The number of nitrogens with zero attached hydrogens (tertiary/aromatic N) is 2. The van der Waals surface area contributed by atoms with Crippen molar-refractivity contribution in [2.75, 3.05) is 19.0 Å². The van der Waals surface area contributed by atoms with Crippen molar-refractivity contribution >= 4 is 17.5 Å². The SMILES string of the molecule is COc1ccc(NC(=O)C2CCCN2C(=O)c2ncoc2C)cc1. The number of methoxy groups -OCH3 is 1. The summed E-state index contributed by atoms with van der Waals surface area (Å²) in [7, 11) is 1.58. The molecule has 0 bridgehead atoms. The fraction of sp³-hybridized carbons (Fsp3) is 0.353. The molecule has 2 heterocycles. The van der Waals surface area contributed by atoms with E-state index in [0.717, 1.165) is 6.42 Å². The van der Waals surface area contributed by atoms with Crippen LogP contribution < -0.4 is 10.1 Å². The van der Waals surface area contributed by atoms with Gasteiger partial charge in [-0.05, 0) is 44.0 Å². The van der Waals surface area contributed by atoms with Gasteiger partial charge in [-0.25, -0.2) is 4.98 Å². The molecule has 0 aliphatic carbocycles. The van der Waals surface area contributed by atoms with Crippen molar-refractivity contribution in [1.82, 2.24) is 9.88 Å². The van der Waals surface area contributed by atoms with Gasteiger partial charge in [-0.1, -0.05) is 0 Å². The Bertz CT molecular complexity index is 739. The number of aryl methyl sites for hydroxylation is 1. The second-order valence-electron chi connectivity index (χ2n) is 5.63. The number of carbonyl (C=O) groups is 2. The molecule has 2 aromatic rings. The van der Waals surface area contributed by atoms with Gasteiger partial charge in [-0.2, -0.15) is 0 Å². The molecule has 24 heavy (non-hydrogen) atoms. The Morgan fingerprint density at radius 3 is 2.71 bits per heavy atom. The lowest BCUT2D eigenvalue weighted by atomic mass is 10.2. The average molecular weight is 329 g/mol. The molecule has 0 saturated carbocycles. The Kier molecular flexibility index (Phi) is 4.50. The molecule has 126 valence electrons. The van der Waals surface area contributed by atoms with Gasteiger partial charge >= 0.3 is 0 Å². The smallest absolute Gasteiger partial charge is 0.276 e. The number of likely N-dealkylation sites (tertiary alicyclic amines) is 1. The van der Waals surface area contributed by atoms with Gasteiger partial charge in [-0.3, -0.25) is 9.59 Å². The molecule has 1 aromatic carbocycles. The van der Waals surface area contributed by atoms with Crippen LogP contribution >= 0.6 is 0 Å². The molecule has 7 nitrogen and oxygen atoms in total. The molecule has 1 fully saturated rings. The minimum atomic E-state index is -0.504. The van der Waals surface area contributed by atoms with E-state index in [1.165, 1.54) is 6.39 Å². The Hall–Kier alpha value is -2.83. The summed E-state index contributed by atoms with van der Waals surface area (Å²) in [5.74, 6) is 0.703. The highest BCUT2D eigenvalue weighted by atomic mass is 16.5. The quantitative estimate of drug-likeness (QED) is 0.930. The largest absolute Gasteiger partial charge is 0.497 e. The first kappa shape index (κ1) is 16.0. The van der Waals surface area contributed by atoms with E-state index in [1.807, 2.05) is 0 Å². The molecule has 1 atom stereocenters. The maximum atomic E-state index is 12.6. The van der Waals surface area contributed by atoms with E-state index in [1.54, 1.807) is 43.2 Å². The molecule has 1 N–H and O–H groups in total. The lowest BCUT2D eigenvalue weighted by Gasteiger charge is -2.23. The number of nitrogens with one attached hydrogen (secondary N) is 1. The van der Waals surface area contributed by atoms with Gasteiger partial charge in [-0.15, -0.1) is 0 Å². The van der Waals surface area contributed by atoms with Crippen molar-refractivity contribution in [1.29, 1.82) is 0 Å². The number of aromatic nitrogens is 1. The number of ether oxygens (including phenoxy) is 1. The minimum absolute atomic E-state index is 0.202. The van der Waals surface area contributed by atoms with Gasteiger partial charge in [0.2, 0.25) is 5.91 Å². The third kappa shape index (κ3) is 3.10. The van der Waals surface area contributed by atoms with Crippen LogP contribution in [0.25, 0.3) is 0 Å². The zero-order chi connectivity index (χ0) is 17.1. The summed E-state index contributed by atoms with van der Waals surface area (Å²) in [5.41, 5.74) is 0.928. The number of benzene rings is 1. The first-order valence-corrected chi connectivity index (χ1v) is 7.76. The van der Waals surface area contributed by atoms with E-state index in [-0.39, 0.29) is 17.5 Å². The zero-order valence-electron chi connectivity index (χ0n) is 13.6. The summed E-state index contributed by atoms with van der Waals surface area (Å²) in [6.45, 7) is 2.22. The number of anilines is 1. The number of rotatable bonds is 4. The van der Waals surface area contributed by atoms with Gasteiger partial charge in [0.25, 0.3) is 5.91 Å². The van der Waals surface area contributed by atoms with Crippen LogP contribution in [0.2, 0.25) is 0 Å². The molecule has 0 radical (unpaired) electrons. The third-order valence-corrected chi connectivity index (χ3v) is 4.12. The standard InChI is InChI=1S/C17H19N3O4/c1-11-15(18-10-24-11)17(22)20-9-3-4-14(20)16(21)19-12-5-7-13(23-2)8-6-12/h5-8,10,14H,3-4,9H2,1-2H3,(H,19,21). The van der Waals surface area contributed by atoms with Crippen LogP contribution in [0.4, 0.5) is 5.69 Å². The van der Waals surface area contributed by atoms with Crippen LogP contribution in [0.5, 0.6) is 5.75 Å². The van der Waals surface area contributed by atoms with Crippen molar-refractivity contribution in [3.63, 3.8) is 0 Å². The van der Waals surface area contributed by atoms with Gasteiger partial charge in [0.05, 0.1) is 7.11 Å². The predicted octanol–water partition coefficient (Wildman–Crippen LogP) is 2.23. The van der Waals surface area contributed by atoms with Crippen molar-refractivity contribution in [2.45, 2.75) is 25.8 Å². The maximum absolute atomic E-state index is 12.6. The summed E-state index contributed by atoms with van der Waals surface area (Å²) in [5, 5.41) is 2.85. The fourth-order valence-electron chi connectivity index (χ4n) is 2.83. The molecule has 1 aliphatic rings. The highest BCUT2D eigenvalue weighted by Crippen LogP contribution is 2.23. The van der Waals surface area contributed by atoms with Crippen LogP contribution in [-0.4, -0.2) is 41.4 Å². The Balaban J connectivity index is 1.71. The normalized spacial score (nSPS) is 16.9. The van der Waals surface area contributed by atoms with E-state index in [2.05, 4.69) is 10.3 Å². The molecule has 1 saturated heterocycles. The molecule has 1 unspecified atom stereocenters. The Morgan fingerprint density at radius 1 is 1.33 bits per heavy atom. The number of amides is 2. The lowest BCUT2D eigenvalue weighted by molar-refractivity contribution is -0.119. The summed E-state index contributed by atoms with van der Waals surface area (Å²) in [4.78, 5) is 30.7. The van der Waals surface area contributed by atoms with E-state index >= 15 is 0 Å². The zero-order valence-corrected chi connectivity index (χ0v) is 13.6.